The first-order chi connectivity index (χ1) is 15.9. The van der Waals surface area contributed by atoms with Gasteiger partial charge in [0.15, 0.2) is 5.75 Å². The summed E-state index contributed by atoms with van der Waals surface area (Å²) >= 11 is 12.1. The lowest BCUT2D eigenvalue weighted by Gasteiger charge is -2.34. The van der Waals surface area contributed by atoms with E-state index in [-0.39, 0.29) is 10.8 Å². The number of carbonyl (C=O) groups excluding carboxylic acids is 1. The fraction of sp³-hybridized carbons (Fsp3) is 0.261. The number of aromatic nitrogens is 2. The van der Waals surface area contributed by atoms with Gasteiger partial charge in [0.05, 0.1) is 5.02 Å². The SMILES string of the molecule is CN1CCN(c2cccc(Nc3nccc(N(C)C(=O)Oc4cc(Cl)ccc4Cl)n3)c2)CC1. The molecular weight excluding hydrogens is 463 g/mol. The van der Waals surface area contributed by atoms with E-state index in [0.717, 1.165) is 37.6 Å². The summed E-state index contributed by atoms with van der Waals surface area (Å²) in [7, 11) is 3.69. The summed E-state index contributed by atoms with van der Waals surface area (Å²) in [5.41, 5.74) is 2.00. The number of hydrogen-bond donors (Lipinski definition) is 1. The van der Waals surface area contributed by atoms with Gasteiger partial charge in [0.25, 0.3) is 0 Å². The highest BCUT2D eigenvalue weighted by atomic mass is 35.5. The third kappa shape index (κ3) is 5.84. The smallest absolute Gasteiger partial charge is 0.408 e. The monoisotopic (exact) mass is 486 g/mol. The maximum absolute atomic E-state index is 12.6. The molecule has 2 heterocycles. The molecule has 1 fully saturated rings. The Labute approximate surface area is 202 Å². The molecule has 33 heavy (non-hydrogen) atoms. The summed E-state index contributed by atoms with van der Waals surface area (Å²) in [5.74, 6) is 0.906. The number of halogens is 2. The molecule has 0 spiro atoms. The van der Waals surface area contributed by atoms with E-state index in [2.05, 4.69) is 44.3 Å². The minimum atomic E-state index is -0.652. The Balaban J connectivity index is 1.45. The quantitative estimate of drug-likeness (QED) is 0.548. The lowest BCUT2D eigenvalue weighted by atomic mass is 10.2. The number of likely N-dealkylation sites (N-methyl/N-ethyl adjacent to an activating group) is 1. The molecule has 0 unspecified atom stereocenters. The van der Waals surface area contributed by atoms with Gasteiger partial charge in [-0.2, -0.15) is 4.98 Å². The van der Waals surface area contributed by atoms with Crippen LogP contribution in [0.5, 0.6) is 5.75 Å². The van der Waals surface area contributed by atoms with Crippen LogP contribution in [-0.2, 0) is 0 Å². The van der Waals surface area contributed by atoms with Gasteiger partial charge in [0, 0.05) is 61.9 Å². The van der Waals surface area contributed by atoms with Crippen molar-refractivity contribution in [3.05, 3.63) is 64.8 Å². The van der Waals surface area contributed by atoms with Crippen LogP contribution in [0.2, 0.25) is 10.0 Å². The fourth-order valence-electron chi connectivity index (χ4n) is 3.38. The van der Waals surface area contributed by atoms with Crippen molar-refractivity contribution in [1.29, 1.82) is 0 Å². The molecule has 1 N–H and O–H groups in total. The van der Waals surface area contributed by atoms with Crippen molar-refractivity contribution < 1.29 is 9.53 Å². The Bertz CT molecular complexity index is 1140. The Morgan fingerprint density at radius 3 is 2.67 bits per heavy atom. The van der Waals surface area contributed by atoms with Crippen molar-refractivity contribution in [2.24, 2.45) is 0 Å². The molecule has 4 rings (SSSR count). The van der Waals surface area contributed by atoms with Crippen molar-refractivity contribution in [1.82, 2.24) is 14.9 Å². The zero-order chi connectivity index (χ0) is 23.4. The fourth-order valence-corrected chi connectivity index (χ4v) is 3.70. The largest absolute Gasteiger partial charge is 0.420 e. The average molecular weight is 487 g/mol. The molecule has 0 atom stereocenters. The molecule has 3 aromatic rings. The topological polar surface area (TPSA) is 73.8 Å². The molecule has 1 aliphatic rings. The molecule has 172 valence electrons. The number of amides is 1. The third-order valence-electron chi connectivity index (χ3n) is 5.32. The van der Waals surface area contributed by atoms with E-state index in [0.29, 0.717) is 16.8 Å². The Morgan fingerprint density at radius 2 is 1.88 bits per heavy atom. The number of rotatable bonds is 5. The van der Waals surface area contributed by atoms with Crippen molar-refractivity contribution in [2.45, 2.75) is 0 Å². The van der Waals surface area contributed by atoms with Gasteiger partial charge in [-0.3, -0.25) is 4.90 Å². The number of hydrogen-bond acceptors (Lipinski definition) is 7. The lowest BCUT2D eigenvalue weighted by molar-refractivity contribution is 0.209. The second-order valence-corrected chi connectivity index (χ2v) is 8.55. The van der Waals surface area contributed by atoms with E-state index in [1.165, 1.54) is 11.0 Å². The number of piperazine rings is 1. The van der Waals surface area contributed by atoms with Gasteiger partial charge in [-0.15, -0.1) is 0 Å². The molecular formula is C23H24Cl2N6O2. The van der Waals surface area contributed by atoms with E-state index in [1.54, 1.807) is 31.4 Å². The van der Waals surface area contributed by atoms with Crippen molar-refractivity contribution in [3.63, 3.8) is 0 Å². The van der Waals surface area contributed by atoms with Crippen LogP contribution in [0.15, 0.2) is 54.7 Å². The number of benzene rings is 2. The number of anilines is 4. The van der Waals surface area contributed by atoms with Crippen LogP contribution in [0, 0.1) is 0 Å². The lowest BCUT2D eigenvalue weighted by Crippen LogP contribution is -2.44. The van der Waals surface area contributed by atoms with Crippen LogP contribution in [0.1, 0.15) is 0 Å². The summed E-state index contributed by atoms with van der Waals surface area (Å²) < 4.78 is 5.37. The summed E-state index contributed by atoms with van der Waals surface area (Å²) in [5, 5.41) is 3.91. The maximum atomic E-state index is 12.6. The van der Waals surface area contributed by atoms with Crippen molar-refractivity contribution in [2.75, 3.05) is 55.4 Å². The number of nitrogens with zero attached hydrogens (tertiary/aromatic N) is 5. The average Bonchev–Trinajstić information content (AvgIpc) is 2.82. The van der Waals surface area contributed by atoms with Crippen LogP contribution in [0.25, 0.3) is 0 Å². The molecule has 1 saturated heterocycles. The summed E-state index contributed by atoms with van der Waals surface area (Å²) in [6.45, 7) is 4.03. The predicted molar refractivity (Wildman–Crippen MR) is 132 cm³/mol. The minimum Gasteiger partial charge on any atom is -0.408 e. The highest BCUT2D eigenvalue weighted by Gasteiger charge is 2.18. The molecule has 0 aliphatic carbocycles. The molecule has 1 amide bonds. The van der Waals surface area contributed by atoms with Crippen LogP contribution >= 0.6 is 23.2 Å². The summed E-state index contributed by atoms with van der Waals surface area (Å²) in [4.78, 5) is 27.3. The van der Waals surface area contributed by atoms with Gasteiger partial charge in [-0.05, 0) is 43.4 Å². The molecule has 2 aromatic carbocycles. The molecule has 0 saturated carbocycles. The van der Waals surface area contributed by atoms with E-state index in [1.807, 2.05) is 12.1 Å². The van der Waals surface area contributed by atoms with Gasteiger partial charge in [-0.1, -0.05) is 29.3 Å². The van der Waals surface area contributed by atoms with E-state index < -0.39 is 6.09 Å². The molecule has 10 heteroatoms. The first kappa shape index (κ1) is 23.1. The first-order valence-corrected chi connectivity index (χ1v) is 11.2. The van der Waals surface area contributed by atoms with Gasteiger partial charge in [0.1, 0.15) is 5.82 Å². The van der Waals surface area contributed by atoms with Crippen molar-refractivity contribution in [3.8, 4) is 5.75 Å². The predicted octanol–water partition coefficient (Wildman–Crippen LogP) is 4.91. The van der Waals surface area contributed by atoms with Crippen LogP contribution < -0.4 is 19.9 Å². The highest BCUT2D eigenvalue weighted by molar-refractivity contribution is 6.34. The van der Waals surface area contributed by atoms with Crippen molar-refractivity contribution >= 4 is 52.4 Å². The Hall–Kier alpha value is -3.07. The number of nitrogens with one attached hydrogen (secondary N) is 1. The Kier molecular flexibility index (Phi) is 7.17. The van der Waals surface area contributed by atoms with Crippen LogP contribution in [0.4, 0.5) is 27.9 Å². The van der Waals surface area contributed by atoms with Crippen LogP contribution in [0.3, 0.4) is 0 Å². The van der Waals surface area contributed by atoms with Gasteiger partial charge in [0.2, 0.25) is 5.95 Å². The normalized spacial score (nSPS) is 14.1. The molecule has 0 bridgehead atoms. The third-order valence-corrected chi connectivity index (χ3v) is 5.87. The standard InChI is InChI=1S/C23H24Cl2N6O2/c1-29-10-12-31(13-11-29)18-5-3-4-17(15-18)27-22-26-9-8-21(28-22)30(2)23(32)33-20-14-16(24)6-7-19(20)25/h3-9,14-15H,10-13H2,1-2H3,(H,26,27,28). The zero-order valence-corrected chi connectivity index (χ0v) is 19.8. The van der Waals surface area contributed by atoms with E-state index in [9.17, 15) is 4.79 Å². The number of carbonyl (C=O) groups is 1. The van der Waals surface area contributed by atoms with E-state index >= 15 is 0 Å². The van der Waals surface area contributed by atoms with E-state index in [4.69, 9.17) is 27.9 Å². The molecule has 1 aliphatic heterocycles. The molecule has 1 aromatic heterocycles. The molecule has 0 radical (unpaired) electrons. The van der Waals surface area contributed by atoms with Gasteiger partial charge >= 0.3 is 6.09 Å². The summed E-state index contributed by atoms with van der Waals surface area (Å²) in [6.07, 6.45) is 0.923. The second-order valence-electron chi connectivity index (χ2n) is 7.71. The molecule has 8 nitrogen and oxygen atoms in total. The minimum absolute atomic E-state index is 0.175. The highest BCUT2D eigenvalue weighted by Crippen LogP contribution is 2.29. The second kappa shape index (κ2) is 10.2. The van der Waals surface area contributed by atoms with Crippen LogP contribution in [-0.4, -0.2) is 61.2 Å². The Morgan fingerprint density at radius 1 is 1.09 bits per heavy atom. The summed E-state index contributed by atoms with van der Waals surface area (Å²) in [6, 6.07) is 14.4. The van der Waals surface area contributed by atoms with Gasteiger partial charge < -0.3 is 19.9 Å². The maximum Gasteiger partial charge on any atom is 0.420 e. The number of ether oxygens (including phenoxy) is 1. The van der Waals surface area contributed by atoms with Gasteiger partial charge in [-0.25, -0.2) is 9.78 Å². The first-order valence-electron chi connectivity index (χ1n) is 10.4. The zero-order valence-electron chi connectivity index (χ0n) is 18.3.